The van der Waals surface area contributed by atoms with Crippen molar-refractivity contribution in [3.63, 3.8) is 0 Å². The van der Waals surface area contributed by atoms with Gasteiger partial charge >= 0.3 is 0 Å². The molecule has 1 unspecified atom stereocenters. The van der Waals surface area contributed by atoms with Crippen LogP contribution in [0.2, 0.25) is 0 Å². The van der Waals surface area contributed by atoms with E-state index in [2.05, 4.69) is 36.2 Å². The van der Waals surface area contributed by atoms with Crippen molar-refractivity contribution < 1.29 is 9.53 Å². The molecule has 1 saturated carbocycles. The highest BCUT2D eigenvalue weighted by Gasteiger charge is 2.38. The van der Waals surface area contributed by atoms with E-state index in [0.717, 1.165) is 18.8 Å². The maximum Gasteiger partial charge on any atom is 0.233 e. The molecule has 0 bridgehead atoms. The van der Waals surface area contributed by atoms with E-state index < -0.39 is 0 Å². The molecular weight excluding hydrogens is 264 g/mol. The molecule has 4 nitrogen and oxygen atoms in total. The van der Waals surface area contributed by atoms with Gasteiger partial charge in [0.05, 0.1) is 13.2 Å². The van der Waals surface area contributed by atoms with Crippen LogP contribution in [0.5, 0.6) is 5.75 Å². The zero-order chi connectivity index (χ0) is 15.0. The third kappa shape index (κ3) is 2.91. The average Bonchev–Trinajstić information content (AvgIpc) is 3.30. The molecule has 0 spiro atoms. The molecule has 1 amide bonds. The van der Waals surface area contributed by atoms with Crippen LogP contribution in [0, 0.1) is 13.8 Å². The fraction of sp³-hybridized carbons (Fsp3) is 0.588. The van der Waals surface area contributed by atoms with Gasteiger partial charge in [-0.1, -0.05) is 6.07 Å². The van der Waals surface area contributed by atoms with Gasteiger partial charge in [-0.2, -0.15) is 0 Å². The quantitative estimate of drug-likeness (QED) is 0.924. The summed E-state index contributed by atoms with van der Waals surface area (Å²) in [5.41, 5.74) is 3.80. The van der Waals surface area contributed by atoms with Gasteiger partial charge in [0.1, 0.15) is 5.75 Å². The summed E-state index contributed by atoms with van der Waals surface area (Å²) >= 11 is 0. The Bertz CT molecular complexity index is 552. The predicted octanol–water partition coefficient (Wildman–Crippen LogP) is 2.34. The van der Waals surface area contributed by atoms with Crippen LogP contribution in [-0.2, 0) is 4.79 Å². The molecule has 3 rings (SSSR count). The number of rotatable bonds is 4. The van der Waals surface area contributed by atoms with Crippen LogP contribution in [0.1, 0.15) is 42.0 Å². The summed E-state index contributed by atoms with van der Waals surface area (Å²) in [6.07, 6.45) is 3.37. The number of carbonyl (C=O) groups is 1. The minimum atomic E-state index is 0.0961. The van der Waals surface area contributed by atoms with Gasteiger partial charge < -0.3 is 10.1 Å². The molecule has 2 aliphatic rings. The molecule has 114 valence electrons. The van der Waals surface area contributed by atoms with Gasteiger partial charge in [-0.25, -0.2) is 0 Å². The van der Waals surface area contributed by atoms with Crippen molar-refractivity contribution in [1.82, 2.24) is 10.2 Å². The molecule has 1 N–H and O–H groups in total. The number of carbonyl (C=O) groups excluding carboxylic acids is 1. The van der Waals surface area contributed by atoms with Crippen LogP contribution in [0.3, 0.4) is 0 Å². The molecule has 0 saturated heterocycles. The van der Waals surface area contributed by atoms with Crippen molar-refractivity contribution in [2.75, 3.05) is 20.2 Å². The van der Waals surface area contributed by atoms with Crippen LogP contribution in [-0.4, -0.2) is 37.0 Å². The van der Waals surface area contributed by atoms with Crippen molar-refractivity contribution in [3.05, 3.63) is 28.8 Å². The van der Waals surface area contributed by atoms with E-state index >= 15 is 0 Å². The molecule has 4 heteroatoms. The number of aryl methyl sites for hydroxylation is 2. The van der Waals surface area contributed by atoms with E-state index in [1.807, 2.05) is 0 Å². The minimum Gasteiger partial charge on any atom is -0.493 e. The lowest BCUT2D eigenvalue weighted by molar-refractivity contribution is -0.122. The van der Waals surface area contributed by atoms with E-state index in [4.69, 9.17) is 4.74 Å². The van der Waals surface area contributed by atoms with Crippen LogP contribution < -0.4 is 10.1 Å². The summed E-state index contributed by atoms with van der Waals surface area (Å²) in [5, 5.41) is 2.75. The zero-order valence-electron chi connectivity index (χ0n) is 13.1. The van der Waals surface area contributed by atoms with Crippen molar-refractivity contribution in [2.45, 2.75) is 45.2 Å². The first-order chi connectivity index (χ1) is 10.1. The molecule has 1 aromatic rings. The number of nitrogens with zero attached hydrogens (tertiary/aromatic N) is 1. The SMILES string of the molecule is CNC(=O)CN(C1CC1)C1CCOc2cc(C)c(C)cc21. The Balaban J connectivity index is 1.91. The number of amides is 1. The smallest absolute Gasteiger partial charge is 0.233 e. The molecule has 0 aromatic heterocycles. The first-order valence-corrected chi connectivity index (χ1v) is 7.80. The molecule has 0 radical (unpaired) electrons. The van der Waals surface area contributed by atoms with Gasteiger partial charge in [-0.05, 0) is 43.9 Å². The average molecular weight is 288 g/mol. The Morgan fingerprint density at radius 2 is 2.00 bits per heavy atom. The first-order valence-electron chi connectivity index (χ1n) is 7.80. The standard InChI is InChI=1S/C17H24N2O2/c1-11-8-14-15(6-7-21-16(14)9-12(11)2)19(13-4-5-13)10-17(20)18-3/h8-9,13,15H,4-7,10H2,1-3H3,(H,18,20). The van der Waals surface area contributed by atoms with Crippen molar-refractivity contribution in [2.24, 2.45) is 0 Å². The van der Waals surface area contributed by atoms with Crippen LogP contribution >= 0.6 is 0 Å². The Morgan fingerprint density at radius 3 is 2.67 bits per heavy atom. The number of ether oxygens (including phenoxy) is 1. The van der Waals surface area contributed by atoms with Gasteiger partial charge in [0.2, 0.25) is 5.91 Å². The van der Waals surface area contributed by atoms with Crippen molar-refractivity contribution in [1.29, 1.82) is 0 Å². The summed E-state index contributed by atoms with van der Waals surface area (Å²) in [5.74, 6) is 1.09. The Kier molecular flexibility index (Phi) is 3.89. The summed E-state index contributed by atoms with van der Waals surface area (Å²) in [7, 11) is 1.71. The van der Waals surface area contributed by atoms with E-state index in [-0.39, 0.29) is 5.91 Å². The van der Waals surface area contributed by atoms with E-state index in [1.165, 1.54) is 29.5 Å². The van der Waals surface area contributed by atoms with Gasteiger partial charge in [0.15, 0.2) is 0 Å². The van der Waals surface area contributed by atoms with Gasteiger partial charge in [0.25, 0.3) is 0 Å². The molecule has 21 heavy (non-hydrogen) atoms. The molecule has 1 fully saturated rings. The number of hydrogen-bond acceptors (Lipinski definition) is 3. The molecule has 1 aliphatic carbocycles. The Labute approximate surface area is 126 Å². The number of benzene rings is 1. The maximum absolute atomic E-state index is 11.8. The number of nitrogens with one attached hydrogen (secondary N) is 1. The third-order valence-electron chi connectivity index (χ3n) is 4.66. The molecule has 1 aromatic carbocycles. The Hall–Kier alpha value is -1.55. The van der Waals surface area contributed by atoms with Crippen LogP contribution in [0.15, 0.2) is 12.1 Å². The fourth-order valence-electron chi connectivity index (χ4n) is 3.12. The lowest BCUT2D eigenvalue weighted by Gasteiger charge is -2.36. The predicted molar refractivity (Wildman–Crippen MR) is 82.6 cm³/mol. The Morgan fingerprint density at radius 1 is 1.29 bits per heavy atom. The maximum atomic E-state index is 11.8. The van der Waals surface area contributed by atoms with Gasteiger partial charge in [-0.15, -0.1) is 0 Å². The lowest BCUT2D eigenvalue weighted by Crippen LogP contribution is -2.41. The first kappa shape index (κ1) is 14.4. The third-order valence-corrected chi connectivity index (χ3v) is 4.66. The van der Waals surface area contributed by atoms with E-state index in [9.17, 15) is 4.79 Å². The second-order valence-corrected chi connectivity index (χ2v) is 6.20. The summed E-state index contributed by atoms with van der Waals surface area (Å²) < 4.78 is 5.84. The van der Waals surface area contributed by atoms with Gasteiger partial charge in [0, 0.05) is 31.1 Å². The number of likely N-dealkylation sites (N-methyl/N-ethyl adjacent to an activating group) is 1. The highest BCUT2D eigenvalue weighted by Crippen LogP contribution is 2.42. The lowest BCUT2D eigenvalue weighted by atomic mass is 9.94. The van der Waals surface area contributed by atoms with Gasteiger partial charge in [-0.3, -0.25) is 9.69 Å². The van der Waals surface area contributed by atoms with E-state index in [1.54, 1.807) is 7.05 Å². The summed E-state index contributed by atoms with van der Waals surface area (Å²) in [6, 6.07) is 5.24. The highest BCUT2D eigenvalue weighted by atomic mass is 16.5. The van der Waals surface area contributed by atoms with Crippen LogP contribution in [0.25, 0.3) is 0 Å². The topological polar surface area (TPSA) is 41.6 Å². The van der Waals surface area contributed by atoms with E-state index in [0.29, 0.717) is 18.6 Å². The molecule has 1 aliphatic heterocycles. The number of fused-ring (bicyclic) bond motifs is 1. The zero-order valence-corrected chi connectivity index (χ0v) is 13.1. The molecule has 1 heterocycles. The second kappa shape index (κ2) is 5.68. The largest absolute Gasteiger partial charge is 0.493 e. The fourth-order valence-corrected chi connectivity index (χ4v) is 3.12. The summed E-state index contributed by atoms with van der Waals surface area (Å²) in [6.45, 7) is 5.47. The van der Waals surface area contributed by atoms with Crippen molar-refractivity contribution >= 4 is 5.91 Å². The normalized spacial score (nSPS) is 20.9. The number of hydrogen-bond donors (Lipinski definition) is 1. The minimum absolute atomic E-state index is 0.0961. The summed E-state index contributed by atoms with van der Waals surface area (Å²) in [4.78, 5) is 14.2. The molecular formula is C17H24N2O2. The van der Waals surface area contributed by atoms with Crippen LogP contribution in [0.4, 0.5) is 0 Å². The second-order valence-electron chi connectivity index (χ2n) is 6.20. The highest BCUT2D eigenvalue weighted by molar-refractivity contribution is 5.77. The monoisotopic (exact) mass is 288 g/mol. The van der Waals surface area contributed by atoms with Crippen molar-refractivity contribution in [3.8, 4) is 5.75 Å². The molecule has 1 atom stereocenters.